The molecule has 3 aromatic rings. The number of amides is 1. The molecule has 0 bridgehead atoms. The van der Waals surface area contributed by atoms with Crippen LogP contribution in [0.5, 0.6) is 0 Å². The van der Waals surface area contributed by atoms with Gasteiger partial charge in [-0.25, -0.2) is 9.78 Å². The number of rotatable bonds is 8. The summed E-state index contributed by atoms with van der Waals surface area (Å²) >= 11 is 1.37. The number of benzene rings is 2. The Labute approximate surface area is 173 Å². The minimum Gasteiger partial charge on any atom is -0.456 e. The molecule has 0 atom stereocenters. The third-order valence-corrected chi connectivity index (χ3v) is 4.97. The van der Waals surface area contributed by atoms with Gasteiger partial charge in [0.2, 0.25) is 5.91 Å². The van der Waals surface area contributed by atoms with Crippen LogP contribution < -0.4 is 5.32 Å². The number of hydrogen-bond donors (Lipinski definition) is 1. The lowest BCUT2D eigenvalue weighted by atomic mass is 10.1. The smallest absolute Gasteiger partial charge is 0.338 e. The molecule has 3 rings (SSSR count). The largest absolute Gasteiger partial charge is 0.456 e. The highest BCUT2D eigenvalue weighted by Gasteiger charge is 2.12. The molecule has 1 heterocycles. The monoisotopic (exact) mass is 410 g/mol. The number of thiazole rings is 1. The molecule has 1 amide bonds. The summed E-state index contributed by atoms with van der Waals surface area (Å²) in [4.78, 5) is 28.8. The molecule has 0 fully saturated rings. The van der Waals surface area contributed by atoms with Crippen molar-refractivity contribution in [3.8, 4) is 0 Å². The summed E-state index contributed by atoms with van der Waals surface area (Å²) in [6, 6.07) is 14.7. The van der Waals surface area contributed by atoms with Crippen molar-refractivity contribution >= 4 is 28.9 Å². The lowest BCUT2D eigenvalue weighted by molar-refractivity contribution is -0.115. The zero-order valence-corrected chi connectivity index (χ0v) is 17.1. The number of nitrogens with zero attached hydrogens (tertiary/aromatic N) is 1. The van der Waals surface area contributed by atoms with Gasteiger partial charge in [0, 0.05) is 18.2 Å². The van der Waals surface area contributed by atoms with Crippen molar-refractivity contribution in [2.75, 3.05) is 12.4 Å². The van der Waals surface area contributed by atoms with E-state index in [-0.39, 0.29) is 18.9 Å². The Hall–Kier alpha value is -3.03. The predicted octanol–water partition coefficient (Wildman–Crippen LogP) is 4.14. The SMILES string of the molecule is COCc1cccc(C(=O)OCc2csc(CC(=O)Nc3ccc(C)cc3)n2)c1. The number of ether oxygens (including phenoxy) is 2. The number of methoxy groups -OCH3 is 1. The molecule has 2 aromatic carbocycles. The summed E-state index contributed by atoms with van der Waals surface area (Å²) in [5.41, 5.74) is 3.87. The van der Waals surface area contributed by atoms with Gasteiger partial charge in [0.05, 0.1) is 24.3 Å². The van der Waals surface area contributed by atoms with E-state index in [0.717, 1.165) is 16.8 Å². The average Bonchev–Trinajstić information content (AvgIpc) is 3.15. The average molecular weight is 410 g/mol. The molecule has 1 aromatic heterocycles. The van der Waals surface area contributed by atoms with Crippen LogP contribution in [0.4, 0.5) is 5.69 Å². The van der Waals surface area contributed by atoms with Crippen molar-refractivity contribution in [3.63, 3.8) is 0 Å². The van der Waals surface area contributed by atoms with E-state index < -0.39 is 5.97 Å². The summed E-state index contributed by atoms with van der Waals surface area (Å²) in [6.45, 7) is 2.48. The molecule has 0 spiro atoms. The van der Waals surface area contributed by atoms with E-state index in [1.165, 1.54) is 11.3 Å². The zero-order valence-electron chi connectivity index (χ0n) is 16.3. The lowest BCUT2D eigenvalue weighted by Gasteiger charge is -2.05. The molecular weight excluding hydrogens is 388 g/mol. The van der Waals surface area contributed by atoms with Crippen LogP contribution in [-0.2, 0) is 33.9 Å². The normalized spacial score (nSPS) is 10.6. The number of aryl methyl sites for hydroxylation is 1. The number of esters is 1. The number of carbonyl (C=O) groups excluding carboxylic acids is 2. The first-order valence-electron chi connectivity index (χ1n) is 9.08. The van der Waals surface area contributed by atoms with E-state index in [0.29, 0.717) is 22.9 Å². The minimum atomic E-state index is -0.422. The topological polar surface area (TPSA) is 77.5 Å². The molecule has 0 saturated heterocycles. The quantitative estimate of drug-likeness (QED) is 0.565. The number of hydrogen-bond acceptors (Lipinski definition) is 6. The van der Waals surface area contributed by atoms with Gasteiger partial charge in [0.15, 0.2) is 0 Å². The van der Waals surface area contributed by atoms with Gasteiger partial charge in [-0.05, 0) is 36.8 Å². The Morgan fingerprint density at radius 1 is 1.10 bits per heavy atom. The van der Waals surface area contributed by atoms with Crippen molar-refractivity contribution < 1.29 is 19.1 Å². The Morgan fingerprint density at radius 3 is 2.66 bits per heavy atom. The highest BCUT2D eigenvalue weighted by molar-refractivity contribution is 7.09. The zero-order chi connectivity index (χ0) is 20.6. The number of carbonyl (C=O) groups is 2. The Kier molecular flexibility index (Phi) is 7.10. The molecule has 0 unspecified atom stereocenters. The van der Waals surface area contributed by atoms with Gasteiger partial charge in [-0.15, -0.1) is 11.3 Å². The van der Waals surface area contributed by atoms with Crippen molar-refractivity contribution in [1.82, 2.24) is 4.98 Å². The van der Waals surface area contributed by atoms with Crippen LogP contribution in [-0.4, -0.2) is 24.0 Å². The lowest BCUT2D eigenvalue weighted by Crippen LogP contribution is -2.14. The number of aromatic nitrogens is 1. The van der Waals surface area contributed by atoms with Crippen molar-refractivity contribution in [1.29, 1.82) is 0 Å². The van der Waals surface area contributed by atoms with Gasteiger partial charge >= 0.3 is 5.97 Å². The maximum absolute atomic E-state index is 12.2. The maximum atomic E-state index is 12.2. The molecule has 150 valence electrons. The summed E-state index contributed by atoms with van der Waals surface area (Å²) in [5, 5.41) is 5.31. The molecular formula is C22H22N2O4S. The Balaban J connectivity index is 1.51. The van der Waals surface area contributed by atoms with Gasteiger partial charge < -0.3 is 14.8 Å². The molecule has 29 heavy (non-hydrogen) atoms. The van der Waals surface area contributed by atoms with E-state index in [2.05, 4.69) is 10.3 Å². The first-order chi connectivity index (χ1) is 14.0. The Morgan fingerprint density at radius 2 is 1.90 bits per heavy atom. The highest BCUT2D eigenvalue weighted by Crippen LogP contribution is 2.15. The van der Waals surface area contributed by atoms with E-state index in [1.807, 2.05) is 37.3 Å². The van der Waals surface area contributed by atoms with Gasteiger partial charge in [0.25, 0.3) is 0 Å². The van der Waals surface area contributed by atoms with Crippen LogP contribution >= 0.6 is 11.3 Å². The van der Waals surface area contributed by atoms with Gasteiger partial charge in [-0.1, -0.05) is 29.8 Å². The first-order valence-corrected chi connectivity index (χ1v) is 9.96. The van der Waals surface area contributed by atoms with E-state index in [4.69, 9.17) is 9.47 Å². The summed E-state index contributed by atoms with van der Waals surface area (Å²) in [7, 11) is 1.60. The third-order valence-electron chi connectivity index (χ3n) is 4.07. The molecule has 1 N–H and O–H groups in total. The van der Waals surface area contributed by atoms with Gasteiger partial charge in [-0.2, -0.15) is 0 Å². The van der Waals surface area contributed by atoms with Crippen LogP contribution in [0.3, 0.4) is 0 Å². The maximum Gasteiger partial charge on any atom is 0.338 e. The van der Waals surface area contributed by atoms with Crippen molar-refractivity contribution in [2.45, 2.75) is 26.6 Å². The van der Waals surface area contributed by atoms with Crippen LogP contribution in [0.1, 0.15) is 32.2 Å². The van der Waals surface area contributed by atoms with Gasteiger partial charge in [-0.3, -0.25) is 4.79 Å². The van der Waals surface area contributed by atoms with Crippen molar-refractivity contribution in [3.05, 3.63) is 81.3 Å². The highest BCUT2D eigenvalue weighted by atomic mass is 32.1. The second-order valence-corrected chi connectivity index (χ2v) is 7.48. The summed E-state index contributed by atoms with van der Waals surface area (Å²) in [5.74, 6) is -0.559. The summed E-state index contributed by atoms with van der Waals surface area (Å²) < 4.78 is 10.4. The second-order valence-electron chi connectivity index (χ2n) is 6.53. The fourth-order valence-electron chi connectivity index (χ4n) is 2.65. The molecule has 6 nitrogen and oxygen atoms in total. The third kappa shape index (κ3) is 6.23. The molecule has 7 heteroatoms. The van der Waals surface area contributed by atoms with Crippen LogP contribution in [0.15, 0.2) is 53.9 Å². The van der Waals surface area contributed by atoms with E-state index >= 15 is 0 Å². The molecule has 0 aliphatic rings. The predicted molar refractivity (Wildman–Crippen MR) is 112 cm³/mol. The summed E-state index contributed by atoms with van der Waals surface area (Å²) in [6.07, 6.45) is 0.172. The van der Waals surface area contributed by atoms with E-state index in [1.54, 1.807) is 30.7 Å². The van der Waals surface area contributed by atoms with Crippen LogP contribution in [0.2, 0.25) is 0 Å². The van der Waals surface area contributed by atoms with Gasteiger partial charge in [0.1, 0.15) is 11.6 Å². The molecule has 0 radical (unpaired) electrons. The molecule has 0 aliphatic heterocycles. The van der Waals surface area contributed by atoms with E-state index in [9.17, 15) is 9.59 Å². The van der Waals surface area contributed by atoms with Crippen LogP contribution in [0.25, 0.3) is 0 Å². The fraction of sp³-hybridized carbons (Fsp3) is 0.227. The molecule has 0 saturated carbocycles. The van der Waals surface area contributed by atoms with Crippen molar-refractivity contribution in [2.24, 2.45) is 0 Å². The minimum absolute atomic E-state index is 0.0589. The number of anilines is 1. The van der Waals surface area contributed by atoms with Crippen LogP contribution in [0, 0.1) is 6.92 Å². The standard InChI is InChI=1S/C22H22N2O4S/c1-15-6-8-18(9-7-15)23-20(25)11-21-24-19(14-29-21)13-28-22(26)17-5-3-4-16(10-17)12-27-2/h3-10,14H,11-13H2,1-2H3,(H,23,25). The Bertz CT molecular complexity index is 982. The second kappa shape index (κ2) is 9.95. The molecule has 0 aliphatic carbocycles. The first kappa shape index (κ1) is 20.7. The number of nitrogens with one attached hydrogen (secondary N) is 1. The fourth-order valence-corrected chi connectivity index (χ4v) is 3.43.